The zero-order valence-corrected chi connectivity index (χ0v) is 9.01. The first-order chi connectivity index (χ1) is 6.83. The van der Waals surface area contributed by atoms with Crippen molar-refractivity contribution in [3.05, 3.63) is 0 Å². The average molecular weight is 204 g/mol. The zero-order valence-electron chi connectivity index (χ0n) is 9.01. The van der Waals surface area contributed by atoms with E-state index in [1.807, 2.05) is 0 Å². The van der Waals surface area contributed by atoms with Gasteiger partial charge in [0.15, 0.2) is 0 Å². The third-order valence-electron chi connectivity index (χ3n) is 2.49. The first-order valence-electron chi connectivity index (χ1n) is 5.66. The lowest BCUT2D eigenvalue weighted by Gasteiger charge is -2.26. The molecule has 2 nitrogen and oxygen atoms in total. The standard InChI is InChI=1S/C11H21FO2/c1-2-3-4-5-6-10(12)7-14-11-8-13-9-11/h10-11H,2-9H2,1H3. The van der Waals surface area contributed by atoms with E-state index in [2.05, 4.69) is 6.92 Å². The Balaban J connectivity index is 1.84. The molecular weight excluding hydrogens is 183 g/mol. The van der Waals surface area contributed by atoms with Crippen molar-refractivity contribution in [3.8, 4) is 0 Å². The van der Waals surface area contributed by atoms with E-state index >= 15 is 0 Å². The van der Waals surface area contributed by atoms with Crippen molar-refractivity contribution in [1.29, 1.82) is 0 Å². The fourth-order valence-electron chi connectivity index (χ4n) is 1.43. The molecule has 0 spiro atoms. The summed E-state index contributed by atoms with van der Waals surface area (Å²) in [5, 5.41) is 0. The Bertz CT molecular complexity index is 137. The van der Waals surface area contributed by atoms with Crippen LogP contribution in [0, 0.1) is 0 Å². The van der Waals surface area contributed by atoms with Crippen molar-refractivity contribution in [2.45, 2.75) is 51.3 Å². The lowest BCUT2D eigenvalue weighted by Crippen LogP contribution is -2.37. The van der Waals surface area contributed by atoms with Crippen LogP contribution in [0.2, 0.25) is 0 Å². The fraction of sp³-hybridized carbons (Fsp3) is 1.00. The SMILES string of the molecule is CCCCCCC(F)COC1COC1. The van der Waals surface area contributed by atoms with Gasteiger partial charge in [-0.1, -0.05) is 32.6 Å². The molecule has 0 aliphatic carbocycles. The lowest BCUT2D eigenvalue weighted by molar-refractivity contribution is -0.137. The molecule has 1 heterocycles. The minimum atomic E-state index is -0.785. The number of alkyl halides is 1. The van der Waals surface area contributed by atoms with Gasteiger partial charge in [-0.15, -0.1) is 0 Å². The predicted octanol–water partition coefficient (Wildman–Crippen LogP) is 2.71. The molecule has 1 rings (SSSR count). The highest BCUT2D eigenvalue weighted by molar-refractivity contribution is 4.65. The second-order valence-electron chi connectivity index (χ2n) is 3.94. The summed E-state index contributed by atoms with van der Waals surface area (Å²) in [5.41, 5.74) is 0. The number of hydrogen-bond donors (Lipinski definition) is 0. The highest BCUT2D eigenvalue weighted by Gasteiger charge is 2.20. The largest absolute Gasteiger partial charge is 0.376 e. The molecule has 1 aliphatic rings. The maximum absolute atomic E-state index is 13.2. The van der Waals surface area contributed by atoms with E-state index < -0.39 is 6.17 Å². The predicted molar refractivity (Wildman–Crippen MR) is 54.2 cm³/mol. The monoisotopic (exact) mass is 204 g/mol. The Hall–Kier alpha value is -0.150. The first-order valence-corrected chi connectivity index (χ1v) is 5.66. The van der Waals surface area contributed by atoms with Gasteiger partial charge in [-0.25, -0.2) is 4.39 Å². The summed E-state index contributed by atoms with van der Waals surface area (Å²) in [5.74, 6) is 0. The van der Waals surface area contributed by atoms with Crippen LogP contribution in [-0.2, 0) is 9.47 Å². The van der Waals surface area contributed by atoms with Crippen LogP contribution in [-0.4, -0.2) is 32.1 Å². The van der Waals surface area contributed by atoms with Crippen molar-refractivity contribution in [3.63, 3.8) is 0 Å². The van der Waals surface area contributed by atoms with Crippen LogP contribution in [0.5, 0.6) is 0 Å². The van der Waals surface area contributed by atoms with Crippen LogP contribution in [0.4, 0.5) is 4.39 Å². The zero-order chi connectivity index (χ0) is 10.2. The molecule has 0 amide bonds. The van der Waals surface area contributed by atoms with E-state index in [1.165, 1.54) is 12.8 Å². The molecule has 14 heavy (non-hydrogen) atoms. The Kier molecular flexibility index (Phi) is 6.12. The lowest BCUT2D eigenvalue weighted by atomic mass is 10.1. The second-order valence-corrected chi connectivity index (χ2v) is 3.94. The molecule has 84 valence electrons. The van der Waals surface area contributed by atoms with Crippen LogP contribution in [0.3, 0.4) is 0 Å². The molecule has 0 saturated carbocycles. The van der Waals surface area contributed by atoms with Gasteiger partial charge in [0.25, 0.3) is 0 Å². The van der Waals surface area contributed by atoms with Crippen LogP contribution in [0.1, 0.15) is 39.0 Å². The topological polar surface area (TPSA) is 18.5 Å². The summed E-state index contributed by atoms with van der Waals surface area (Å²) in [6, 6.07) is 0. The van der Waals surface area contributed by atoms with E-state index in [1.54, 1.807) is 0 Å². The van der Waals surface area contributed by atoms with E-state index in [-0.39, 0.29) is 12.7 Å². The van der Waals surface area contributed by atoms with Crippen molar-refractivity contribution < 1.29 is 13.9 Å². The van der Waals surface area contributed by atoms with Gasteiger partial charge < -0.3 is 9.47 Å². The summed E-state index contributed by atoms with van der Waals surface area (Å²) in [4.78, 5) is 0. The van der Waals surface area contributed by atoms with E-state index in [4.69, 9.17) is 9.47 Å². The average Bonchev–Trinajstić information content (AvgIpc) is 2.10. The van der Waals surface area contributed by atoms with Crippen LogP contribution >= 0.6 is 0 Å². The van der Waals surface area contributed by atoms with E-state index in [0.717, 1.165) is 12.8 Å². The molecule has 0 aromatic heterocycles. The Morgan fingerprint density at radius 2 is 2.14 bits per heavy atom. The molecule has 1 saturated heterocycles. The third-order valence-corrected chi connectivity index (χ3v) is 2.49. The van der Waals surface area contributed by atoms with Crippen LogP contribution in [0.25, 0.3) is 0 Å². The highest BCUT2D eigenvalue weighted by Crippen LogP contribution is 2.11. The molecule has 1 fully saturated rings. The molecule has 1 unspecified atom stereocenters. The summed E-state index contributed by atoms with van der Waals surface area (Å²) in [6.07, 6.45) is 4.56. The number of hydrogen-bond acceptors (Lipinski definition) is 2. The second kappa shape index (κ2) is 7.18. The maximum atomic E-state index is 13.2. The molecule has 0 aromatic rings. The van der Waals surface area contributed by atoms with Crippen molar-refractivity contribution in [2.75, 3.05) is 19.8 Å². The van der Waals surface area contributed by atoms with Gasteiger partial charge in [0.2, 0.25) is 0 Å². The number of halogens is 1. The molecular formula is C11H21FO2. The Morgan fingerprint density at radius 1 is 1.36 bits per heavy atom. The number of unbranched alkanes of at least 4 members (excludes halogenated alkanes) is 3. The normalized spacial score (nSPS) is 19.3. The van der Waals surface area contributed by atoms with E-state index in [9.17, 15) is 4.39 Å². The van der Waals surface area contributed by atoms with Crippen LogP contribution in [0.15, 0.2) is 0 Å². The van der Waals surface area contributed by atoms with Gasteiger partial charge in [-0.3, -0.25) is 0 Å². The number of ether oxygens (including phenoxy) is 2. The minimum absolute atomic E-state index is 0.156. The molecule has 0 aromatic carbocycles. The molecule has 1 atom stereocenters. The van der Waals surface area contributed by atoms with Crippen molar-refractivity contribution in [2.24, 2.45) is 0 Å². The van der Waals surface area contributed by atoms with Crippen molar-refractivity contribution >= 4 is 0 Å². The van der Waals surface area contributed by atoms with Crippen molar-refractivity contribution in [1.82, 2.24) is 0 Å². The smallest absolute Gasteiger partial charge is 0.123 e. The molecule has 0 N–H and O–H groups in total. The first kappa shape index (κ1) is 11.9. The summed E-state index contributed by atoms with van der Waals surface area (Å²) in [7, 11) is 0. The Labute approximate surface area is 85.8 Å². The van der Waals surface area contributed by atoms with Gasteiger partial charge >= 0.3 is 0 Å². The number of rotatable bonds is 8. The van der Waals surface area contributed by atoms with E-state index in [0.29, 0.717) is 19.6 Å². The minimum Gasteiger partial charge on any atom is -0.376 e. The van der Waals surface area contributed by atoms with Gasteiger partial charge in [-0.05, 0) is 6.42 Å². The maximum Gasteiger partial charge on any atom is 0.123 e. The Morgan fingerprint density at radius 3 is 2.71 bits per heavy atom. The van der Waals surface area contributed by atoms with Gasteiger partial charge in [0.05, 0.1) is 19.8 Å². The quantitative estimate of drug-likeness (QED) is 0.566. The highest BCUT2D eigenvalue weighted by atomic mass is 19.1. The summed E-state index contributed by atoms with van der Waals surface area (Å²) >= 11 is 0. The molecule has 0 bridgehead atoms. The van der Waals surface area contributed by atoms with Gasteiger partial charge in [0, 0.05) is 0 Å². The summed E-state index contributed by atoms with van der Waals surface area (Å²) < 4.78 is 23.4. The van der Waals surface area contributed by atoms with Gasteiger partial charge in [0.1, 0.15) is 12.3 Å². The third kappa shape index (κ3) is 4.91. The fourth-order valence-corrected chi connectivity index (χ4v) is 1.43. The summed E-state index contributed by atoms with van der Waals surface area (Å²) in [6.45, 7) is 3.69. The van der Waals surface area contributed by atoms with Crippen LogP contribution < -0.4 is 0 Å². The molecule has 1 aliphatic heterocycles. The molecule has 3 heteroatoms. The molecule has 0 radical (unpaired) electrons. The van der Waals surface area contributed by atoms with Gasteiger partial charge in [-0.2, -0.15) is 0 Å².